The van der Waals surface area contributed by atoms with Crippen molar-refractivity contribution in [3.05, 3.63) is 35.9 Å². The summed E-state index contributed by atoms with van der Waals surface area (Å²) < 4.78 is 14.0. The van der Waals surface area contributed by atoms with Crippen LogP contribution in [0.1, 0.15) is 5.56 Å². The minimum atomic E-state index is -0.955. The Hall–Kier alpha value is -2.24. The van der Waals surface area contributed by atoms with E-state index in [1.165, 1.54) is 4.90 Å². The lowest BCUT2D eigenvalue weighted by Crippen LogP contribution is -2.31. The summed E-state index contributed by atoms with van der Waals surface area (Å²) in [5.74, 6) is 0. The van der Waals surface area contributed by atoms with Gasteiger partial charge in [0.2, 0.25) is 0 Å². The Labute approximate surface area is 104 Å². The minimum absolute atomic E-state index is 0.0657. The first-order chi connectivity index (χ1) is 8.65. The van der Waals surface area contributed by atoms with Crippen LogP contribution in [0.2, 0.25) is 0 Å². The Bertz CT molecular complexity index is 433. The highest BCUT2D eigenvalue weighted by Crippen LogP contribution is 2.10. The molecule has 6 heteroatoms. The fourth-order valence-corrected chi connectivity index (χ4v) is 1.49. The predicted molar refractivity (Wildman–Crippen MR) is 60.6 cm³/mol. The summed E-state index contributed by atoms with van der Waals surface area (Å²) >= 11 is 0. The fourth-order valence-electron chi connectivity index (χ4n) is 1.49. The van der Waals surface area contributed by atoms with Gasteiger partial charge in [-0.25, -0.2) is 9.59 Å². The summed E-state index contributed by atoms with van der Waals surface area (Å²) in [5, 5.41) is 0. The number of ether oxygens (including phenoxy) is 3. The summed E-state index contributed by atoms with van der Waals surface area (Å²) in [7, 11) is 1.60. The van der Waals surface area contributed by atoms with Crippen molar-refractivity contribution in [1.82, 2.24) is 4.90 Å². The molecule has 1 fully saturated rings. The second kappa shape index (κ2) is 5.39. The second-order valence-electron chi connectivity index (χ2n) is 3.83. The molecule has 1 aliphatic heterocycles. The van der Waals surface area contributed by atoms with E-state index in [0.717, 1.165) is 5.56 Å². The average Bonchev–Trinajstić information content (AvgIpc) is 2.76. The molecule has 96 valence electrons. The van der Waals surface area contributed by atoms with Crippen LogP contribution < -0.4 is 0 Å². The maximum absolute atomic E-state index is 11.7. The van der Waals surface area contributed by atoms with Crippen molar-refractivity contribution in [2.24, 2.45) is 0 Å². The number of cyclic esters (lactones) is 2. The fraction of sp³-hybridized carbons (Fsp3) is 0.333. The summed E-state index contributed by atoms with van der Waals surface area (Å²) in [5.41, 5.74) is 0.983. The van der Waals surface area contributed by atoms with E-state index >= 15 is 0 Å². The number of rotatable bonds is 3. The van der Waals surface area contributed by atoms with Crippen LogP contribution >= 0.6 is 0 Å². The Morgan fingerprint density at radius 3 is 2.78 bits per heavy atom. The molecule has 0 bridgehead atoms. The van der Waals surface area contributed by atoms with Crippen molar-refractivity contribution < 1.29 is 23.8 Å². The van der Waals surface area contributed by atoms with E-state index < -0.39 is 18.5 Å². The van der Waals surface area contributed by atoms with Gasteiger partial charge in [-0.05, 0) is 5.56 Å². The summed E-state index contributed by atoms with van der Waals surface area (Å²) in [6.45, 7) is 0.352. The Morgan fingerprint density at radius 2 is 2.17 bits per heavy atom. The molecule has 1 aliphatic rings. The predicted octanol–water partition coefficient (Wildman–Crippen LogP) is 1.75. The first-order valence-corrected chi connectivity index (χ1v) is 5.44. The summed E-state index contributed by atoms with van der Waals surface area (Å²) in [4.78, 5) is 23.7. The molecule has 0 spiro atoms. The third-order valence-electron chi connectivity index (χ3n) is 2.37. The van der Waals surface area contributed by atoms with E-state index in [-0.39, 0.29) is 6.61 Å². The quantitative estimate of drug-likeness (QED) is 0.766. The van der Waals surface area contributed by atoms with Gasteiger partial charge in [0, 0.05) is 13.6 Å². The Morgan fingerprint density at radius 1 is 1.44 bits per heavy atom. The van der Waals surface area contributed by atoms with Crippen LogP contribution in [0.5, 0.6) is 0 Å². The van der Waals surface area contributed by atoms with Crippen LogP contribution in [-0.2, 0) is 20.8 Å². The zero-order valence-electron chi connectivity index (χ0n) is 9.87. The van der Waals surface area contributed by atoms with Crippen molar-refractivity contribution in [3.8, 4) is 0 Å². The highest BCUT2D eigenvalue weighted by atomic mass is 16.8. The number of benzene rings is 1. The van der Waals surface area contributed by atoms with Crippen LogP contribution in [0.15, 0.2) is 30.3 Å². The smallest absolute Gasteiger partial charge is 0.426 e. The molecule has 1 atom stereocenters. The van der Waals surface area contributed by atoms with Gasteiger partial charge in [0.15, 0.2) is 6.61 Å². The molecule has 1 unspecified atom stereocenters. The maximum Gasteiger partial charge on any atom is 0.511 e. The molecule has 0 N–H and O–H groups in total. The van der Waals surface area contributed by atoms with E-state index in [4.69, 9.17) is 4.74 Å². The van der Waals surface area contributed by atoms with Gasteiger partial charge in [0.05, 0.1) is 0 Å². The first-order valence-electron chi connectivity index (χ1n) is 5.44. The van der Waals surface area contributed by atoms with Gasteiger partial charge >= 0.3 is 12.2 Å². The van der Waals surface area contributed by atoms with Crippen LogP contribution in [0.3, 0.4) is 0 Å². The zero-order chi connectivity index (χ0) is 13.0. The molecule has 1 heterocycles. The molecule has 18 heavy (non-hydrogen) atoms. The van der Waals surface area contributed by atoms with Crippen molar-refractivity contribution >= 4 is 12.2 Å². The Kier molecular flexibility index (Phi) is 3.66. The van der Waals surface area contributed by atoms with E-state index in [0.29, 0.717) is 6.54 Å². The molecule has 1 amide bonds. The molecular weight excluding hydrogens is 238 g/mol. The standard InChI is InChI=1S/C12H13NO5/c1-13(7-9-5-3-2-4-6-9)11(14)17-10-8-16-12(15)18-10/h2-6,10H,7-8H2,1H3. The van der Waals surface area contributed by atoms with Gasteiger partial charge in [-0.1, -0.05) is 30.3 Å². The van der Waals surface area contributed by atoms with Crippen molar-refractivity contribution in [2.75, 3.05) is 13.7 Å². The average molecular weight is 251 g/mol. The number of hydrogen-bond donors (Lipinski definition) is 0. The SMILES string of the molecule is CN(Cc1ccccc1)C(=O)OC1COC(=O)O1. The van der Waals surface area contributed by atoms with Gasteiger partial charge in [0.25, 0.3) is 6.29 Å². The van der Waals surface area contributed by atoms with E-state index in [2.05, 4.69) is 9.47 Å². The maximum atomic E-state index is 11.7. The van der Waals surface area contributed by atoms with Crippen LogP contribution in [-0.4, -0.2) is 37.1 Å². The molecule has 0 aliphatic carbocycles. The number of carbonyl (C=O) groups excluding carboxylic acids is 2. The highest BCUT2D eigenvalue weighted by molar-refractivity contribution is 5.68. The molecule has 2 rings (SSSR count). The molecule has 1 aromatic rings. The van der Waals surface area contributed by atoms with E-state index in [1.807, 2.05) is 30.3 Å². The molecule has 0 saturated carbocycles. The third-order valence-corrected chi connectivity index (χ3v) is 2.37. The molecule has 0 radical (unpaired) electrons. The monoisotopic (exact) mass is 251 g/mol. The lowest BCUT2D eigenvalue weighted by molar-refractivity contribution is -0.0426. The topological polar surface area (TPSA) is 65.1 Å². The normalized spacial score (nSPS) is 17.8. The molecule has 6 nitrogen and oxygen atoms in total. The van der Waals surface area contributed by atoms with Crippen molar-refractivity contribution in [1.29, 1.82) is 0 Å². The van der Waals surface area contributed by atoms with Gasteiger partial charge < -0.3 is 19.1 Å². The lowest BCUT2D eigenvalue weighted by Gasteiger charge is -2.18. The van der Waals surface area contributed by atoms with Gasteiger partial charge in [0.1, 0.15) is 0 Å². The number of nitrogens with zero attached hydrogens (tertiary/aromatic N) is 1. The van der Waals surface area contributed by atoms with Gasteiger partial charge in [-0.15, -0.1) is 0 Å². The Balaban J connectivity index is 1.83. The van der Waals surface area contributed by atoms with E-state index in [1.54, 1.807) is 7.05 Å². The largest absolute Gasteiger partial charge is 0.511 e. The van der Waals surface area contributed by atoms with Crippen LogP contribution in [0, 0.1) is 0 Å². The van der Waals surface area contributed by atoms with Crippen LogP contribution in [0.25, 0.3) is 0 Å². The number of amides is 1. The van der Waals surface area contributed by atoms with Gasteiger partial charge in [-0.3, -0.25) is 0 Å². The molecule has 1 aromatic carbocycles. The second-order valence-corrected chi connectivity index (χ2v) is 3.83. The lowest BCUT2D eigenvalue weighted by atomic mass is 10.2. The molecule has 0 aromatic heterocycles. The molecule has 1 saturated heterocycles. The first kappa shape index (κ1) is 12.2. The molecular formula is C12H13NO5. The minimum Gasteiger partial charge on any atom is -0.426 e. The van der Waals surface area contributed by atoms with Gasteiger partial charge in [-0.2, -0.15) is 0 Å². The van der Waals surface area contributed by atoms with E-state index in [9.17, 15) is 9.59 Å². The number of hydrogen-bond acceptors (Lipinski definition) is 5. The van der Waals surface area contributed by atoms with Crippen molar-refractivity contribution in [3.63, 3.8) is 0 Å². The van der Waals surface area contributed by atoms with Crippen LogP contribution in [0.4, 0.5) is 9.59 Å². The number of carbonyl (C=O) groups is 2. The van der Waals surface area contributed by atoms with Crippen molar-refractivity contribution in [2.45, 2.75) is 12.8 Å². The zero-order valence-corrected chi connectivity index (χ0v) is 9.87. The summed E-state index contributed by atoms with van der Waals surface area (Å²) in [6, 6.07) is 9.49. The highest BCUT2D eigenvalue weighted by Gasteiger charge is 2.29. The third kappa shape index (κ3) is 3.13. The summed E-state index contributed by atoms with van der Waals surface area (Å²) in [6.07, 6.45) is -2.34.